The molecule has 0 fully saturated rings. The van der Waals surface area contributed by atoms with Gasteiger partial charge in [0.15, 0.2) is 6.10 Å². The molecular formula is C22H30N2O4S. The van der Waals surface area contributed by atoms with Crippen LogP contribution in [0.1, 0.15) is 43.0 Å². The molecule has 158 valence electrons. The van der Waals surface area contributed by atoms with Crippen LogP contribution in [0.2, 0.25) is 0 Å². The van der Waals surface area contributed by atoms with Crippen molar-refractivity contribution in [3.63, 3.8) is 0 Å². The molecule has 2 rings (SSSR count). The Kier molecular flexibility index (Phi) is 7.30. The number of ether oxygens (including phenoxy) is 1. The topological polar surface area (TPSA) is 75.7 Å². The average Bonchev–Trinajstić information content (AvgIpc) is 2.66. The number of hydrogen-bond donors (Lipinski definition) is 1. The molecule has 0 saturated carbocycles. The minimum absolute atomic E-state index is 0.133. The van der Waals surface area contributed by atoms with E-state index in [4.69, 9.17) is 4.74 Å². The fourth-order valence-corrected chi connectivity index (χ4v) is 3.53. The number of aryl methyl sites for hydroxylation is 2. The van der Waals surface area contributed by atoms with Crippen LogP contribution in [0.4, 0.5) is 5.69 Å². The number of nitrogens with one attached hydrogen (secondary N) is 1. The van der Waals surface area contributed by atoms with Gasteiger partial charge in [-0.25, -0.2) is 8.42 Å². The summed E-state index contributed by atoms with van der Waals surface area (Å²) in [4.78, 5) is 12.7. The molecule has 0 heterocycles. The summed E-state index contributed by atoms with van der Waals surface area (Å²) >= 11 is 0. The molecule has 0 radical (unpaired) electrons. The summed E-state index contributed by atoms with van der Waals surface area (Å²) in [5, 5.41) is 3.03. The summed E-state index contributed by atoms with van der Waals surface area (Å²) in [6.07, 6.45) is 1.02. The molecular weight excluding hydrogens is 388 g/mol. The van der Waals surface area contributed by atoms with Crippen molar-refractivity contribution in [2.75, 3.05) is 17.6 Å². The van der Waals surface area contributed by atoms with Crippen LogP contribution in [-0.4, -0.2) is 33.7 Å². The van der Waals surface area contributed by atoms with Crippen molar-refractivity contribution in [1.82, 2.24) is 5.32 Å². The van der Waals surface area contributed by atoms with Gasteiger partial charge in [-0.2, -0.15) is 0 Å². The lowest BCUT2D eigenvalue weighted by molar-refractivity contribution is -0.128. The third-order valence-corrected chi connectivity index (χ3v) is 6.11. The maximum atomic E-state index is 12.7. The second-order valence-electron chi connectivity index (χ2n) is 7.33. The van der Waals surface area contributed by atoms with E-state index in [1.165, 1.54) is 11.4 Å². The first-order valence-electron chi connectivity index (χ1n) is 9.61. The Bertz CT molecular complexity index is 955. The first-order chi connectivity index (χ1) is 13.5. The molecule has 0 aliphatic carbocycles. The summed E-state index contributed by atoms with van der Waals surface area (Å²) in [6, 6.07) is 12.7. The Morgan fingerprint density at radius 2 is 1.76 bits per heavy atom. The van der Waals surface area contributed by atoms with E-state index < -0.39 is 16.1 Å². The quantitative estimate of drug-likeness (QED) is 0.709. The number of hydrogen-bond acceptors (Lipinski definition) is 4. The molecule has 7 heteroatoms. The van der Waals surface area contributed by atoms with Gasteiger partial charge in [0.1, 0.15) is 5.75 Å². The van der Waals surface area contributed by atoms with Gasteiger partial charge in [0.05, 0.1) is 18.0 Å². The zero-order valence-corrected chi connectivity index (χ0v) is 18.7. The molecule has 6 nitrogen and oxygen atoms in total. The summed E-state index contributed by atoms with van der Waals surface area (Å²) < 4.78 is 30.3. The van der Waals surface area contributed by atoms with Gasteiger partial charge in [0.2, 0.25) is 10.0 Å². The Hall–Kier alpha value is -2.54. The number of carbonyl (C=O) groups excluding carboxylic acids is 1. The SMILES string of the molecule is CC[C@H](Oc1ccc(N(C)S(C)(=O)=O)cc1)C(=O)N[C@H](C)c1cc(C)ccc1C. The third kappa shape index (κ3) is 5.97. The highest BCUT2D eigenvalue weighted by Gasteiger charge is 2.21. The zero-order valence-electron chi connectivity index (χ0n) is 17.9. The van der Waals surface area contributed by atoms with Crippen LogP contribution in [0.25, 0.3) is 0 Å². The van der Waals surface area contributed by atoms with Crippen LogP contribution < -0.4 is 14.4 Å². The van der Waals surface area contributed by atoms with E-state index in [1.54, 1.807) is 24.3 Å². The van der Waals surface area contributed by atoms with E-state index in [0.29, 0.717) is 17.9 Å². The number of carbonyl (C=O) groups is 1. The van der Waals surface area contributed by atoms with Crippen molar-refractivity contribution >= 4 is 21.6 Å². The smallest absolute Gasteiger partial charge is 0.261 e. The van der Waals surface area contributed by atoms with Crippen LogP contribution in [0.5, 0.6) is 5.75 Å². The van der Waals surface area contributed by atoms with Crippen molar-refractivity contribution in [2.45, 2.75) is 46.3 Å². The van der Waals surface area contributed by atoms with Crippen molar-refractivity contribution < 1.29 is 17.9 Å². The van der Waals surface area contributed by atoms with Crippen LogP contribution in [-0.2, 0) is 14.8 Å². The van der Waals surface area contributed by atoms with E-state index >= 15 is 0 Å². The molecule has 0 aliphatic heterocycles. The lowest BCUT2D eigenvalue weighted by Gasteiger charge is -2.22. The summed E-state index contributed by atoms with van der Waals surface area (Å²) in [6.45, 7) is 7.90. The fourth-order valence-electron chi connectivity index (χ4n) is 3.02. The molecule has 1 N–H and O–H groups in total. The number of nitrogens with zero attached hydrogens (tertiary/aromatic N) is 1. The van der Waals surface area contributed by atoms with Gasteiger partial charge in [-0.3, -0.25) is 9.10 Å². The van der Waals surface area contributed by atoms with E-state index in [-0.39, 0.29) is 11.9 Å². The molecule has 2 atom stereocenters. The van der Waals surface area contributed by atoms with E-state index in [0.717, 1.165) is 22.9 Å². The van der Waals surface area contributed by atoms with Gasteiger partial charge in [-0.15, -0.1) is 0 Å². The van der Waals surface area contributed by atoms with Gasteiger partial charge in [-0.1, -0.05) is 30.7 Å². The Morgan fingerprint density at radius 3 is 2.31 bits per heavy atom. The lowest BCUT2D eigenvalue weighted by atomic mass is 10.00. The molecule has 0 bridgehead atoms. The molecule has 0 aliphatic rings. The van der Waals surface area contributed by atoms with Gasteiger partial charge >= 0.3 is 0 Å². The second-order valence-corrected chi connectivity index (χ2v) is 9.34. The van der Waals surface area contributed by atoms with Gasteiger partial charge in [0, 0.05) is 7.05 Å². The predicted octanol–water partition coefficient (Wildman–Crippen LogP) is 3.73. The monoisotopic (exact) mass is 418 g/mol. The number of sulfonamides is 1. The van der Waals surface area contributed by atoms with Crippen molar-refractivity contribution in [2.24, 2.45) is 0 Å². The standard InChI is InChI=1S/C22H30N2O4S/c1-7-21(22(25)23-17(4)20-14-15(2)8-9-16(20)3)28-19-12-10-18(11-13-19)24(5)29(6,26)27/h8-14,17,21H,7H2,1-6H3,(H,23,25)/t17-,21+/m1/s1. The number of rotatable bonds is 8. The predicted molar refractivity (Wildman–Crippen MR) is 117 cm³/mol. The minimum Gasteiger partial charge on any atom is -0.481 e. The van der Waals surface area contributed by atoms with Crippen LogP contribution >= 0.6 is 0 Å². The Balaban J connectivity index is 2.07. The van der Waals surface area contributed by atoms with Gasteiger partial charge in [-0.05, 0) is 62.6 Å². The maximum Gasteiger partial charge on any atom is 0.261 e. The zero-order chi connectivity index (χ0) is 21.8. The fraction of sp³-hybridized carbons (Fsp3) is 0.409. The van der Waals surface area contributed by atoms with E-state index in [2.05, 4.69) is 23.5 Å². The molecule has 0 unspecified atom stereocenters. The summed E-state index contributed by atoms with van der Waals surface area (Å²) in [5.74, 6) is 0.329. The van der Waals surface area contributed by atoms with Crippen LogP contribution in [0.3, 0.4) is 0 Å². The van der Waals surface area contributed by atoms with E-state index in [1.807, 2.05) is 27.7 Å². The van der Waals surface area contributed by atoms with Crippen LogP contribution in [0, 0.1) is 13.8 Å². The molecule has 1 amide bonds. The molecule has 0 spiro atoms. The lowest BCUT2D eigenvalue weighted by Crippen LogP contribution is -2.39. The number of benzene rings is 2. The van der Waals surface area contributed by atoms with Crippen molar-refractivity contribution in [3.05, 3.63) is 59.2 Å². The van der Waals surface area contributed by atoms with E-state index in [9.17, 15) is 13.2 Å². The van der Waals surface area contributed by atoms with Gasteiger partial charge in [0.25, 0.3) is 5.91 Å². The first kappa shape index (κ1) is 22.7. The minimum atomic E-state index is -3.33. The average molecular weight is 419 g/mol. The number of anilines is 1. The maximum absolute atomic E-state index is 12.7. The normalized spacial score (nSPS) is 13.4. The second kappa shape index (κ2) is 9.31. The highest BCUT2D eigenvalue weighted by Crippen LogP contribution is 2.23. The summed E-state index contributed by atoms with van der Waals surface area (Å²) in [7, 11) is -1.84. The van der Waals surface area contributed by atoms with Crippen molar-refractivity contribution in [1.29, 1.82) is 0 Å². The Labute approximate surface area is 173 Å². The van der Waals surface area contributed by atoms with Crippen LogP contribution in [0.15, 0.2) is 42.5 Å². The third-order valence-electron chi connectivity index (χ3n) is 4.90. The summed E-state index contributed by atoms with van der Waals surface area (Å²) in [5.41, 5.74) is 3.89. The Morgan fingerprint density at radius 1 is 1.14 bits per heavy atom. The molecule has 0 saturated heterocycles. The highest BCUT2D eigenvalue weighted by atomic mass is 32.2. The number of amides is 1. The largest absolute Gasteiger partial charge is 0.481 e. The molecule has 0 aromatic heterocycles. The van der Waals surface area contributed by atoms with Gasteiger partial charge < -0.3 is 10.1 Å². The first-order valence-corrected chi connectivity index (χ1v) is 11.5. The molecule has 29 heavy (non-hydrogen) atoms. The van der Waals surface area contributed by atoms with Crippen molar-refractivity contribution in [3.8, 4) is 5.75 Å². The molecule has 2 aromatic rings. The molecule has 2 aromatic carbocycles. The highest BCUT2D eigenvalue weighted by molar-refractivity contribution is 7.92.